The van der Waals surface area contributed by atoms with Gasteiger partial charge in [0.05, 0.1) is 12.9 Å². The van der Waals surface area contributed by atoms with E-state index in [0.29, 0.717) is 0 Å². The fourth-order valence-corrected chi connectivity index (χ4v) is 3.32. The number of sulfonamides is 1. The lowest BCUT2D eigenvalue weighted by molar-refractivity contribution is -0.140. The molecule has 0 aliphatic carbocycles. The van der Waals surface area contributed by atoms with Crippen LogP contribution in [0, 0.1) is 0 Å². The van der Waals surface area contributed by atoms with Crippen LogP contribution in [0.25, 0.3) is 0 Å². The molecule has 0 amide bonds. The van der Waals surface area contributed by atoms with Crippen molar-refractivity contribution in [2.24, 2.45) is 0 Å². The van der Waals surface area contributed by atoms with E-state index in [4.69, 9.17) is 11.6 Å². The van der Waals surface area contributed by atoms with Crippen LogP contribution in [0.5, 0.6) is 0 Å². The van der Waals surface area contributed by atoms with E-state index in [1.54, 1.807) is 0 Å². The van der Waals surface area contributed by atoms with E-state index >= 15 is 0 Å². The molecule has 1 rings (SSSR count). The molecule has 1 N–H and O–H groups in total. The van der Waals surface area contributed by atoms with Gasteiger partial charge in [-0.05, 0) is 11.5 Å². The van der Waals surface area contributed by atoms with E-state index in [1.807, 2.05) is 37.3 Å². The first-order valence-electron chi connectivity index (χ1n) is 6.10. The van der Waals surface area contributed by atoms with Gasteiger partial charge in [0, 0.05) is 6.54 Å². The fourth-order valence-electron chi connectivity index (χ4n) is 1.68. The monoisotopic (exact) mass is 319 g/mol. The van der Waals surface area contributed by atoms with Gasteiger partial charge in [-0.1, -0.05) is 37.3 Å². The molecule has 7 heteroatoms. The maximum absolute atomic E-state index is 11.9. The van der Waals surface area contributed by atoms with Crippen LogP contribution in [0.15, 0.2) is 30.3 Å². The predicted molar refractivity (Wildman–Crippen MR) is 78.3 cm³/mol. The Morgan fingerprint density at radius 3 is 2.50 bits per heavy atom. The number of rotatable bonds is 7. The second-order valence-corrected chi connectivity index (χ2v) is 6.81. The van der Waals surface area contributed by atoms with Crippen molar-refractivity contribution < 1.29 is 17.9 Å². The van der Waals surface area contributed by atoms with Crippen molar-refractivity contribution in [3.63, 3.8) is 0 Å². The van der Waals surface area contributed by atoms with Crippen molar-refractivity contribution >= 4 is 27.6 Å². The molecule has 1 aromatic carbocycles. The Labute approximate surface area is 124 Å². The first-order valence-corrected chi connectivity index (χ1v) is 8.18. The summed E-state index contributed by atoms with van der Waals surface area (Å²) in [4.78, 5) is 11.1. The van der Waals surface area contributed by atoms with Gasteiger partial charge in [-0.15, -0.1) is 11.6 Å². The summed E-state index contributed by atoms with van der Waals surface area (Å²) in [5.74, 6) is -0.881. The van der Waals surface area contributed by atoms with Crippen LogP contribution in [0.1, 0.15) is 18.4 Å². The number of carbonyl (C=O) groups is 1. The van der Waals surface area contributed by atoms with Gasteiger partial charge in [-0.25, -0.2) is 13.1 Å². The first-order chi connectivity index (χ1) is 9.35. The molecule has 0 radical (unpaired) electrons. The van der Waals surface area contributed by atoms with E-state index < -0.39 is 21.4 Å². The molecule has 0 saturated carbocycles. The Hall–Kier alpha value is -1.11. The Balaban J connectivity index is 2.56. The summed E-state index contributed by atoms with van der Waals surface area (Å²) in [5, 5.41) is -1.03. The normalized spacial score (nSPS) is 14.6. The van der Waals surface area contributed by atoms with Gasteiger partial charge in [0.2, 0.25) is 10.0 Å². The van der Waals surface area contributed by atoms with Crippen molar-refractivity contribution in [2.45, 2.75) is 18.2 Å². The molecule has 0 aliphatic heterocycles. The number of benzene rings is 1. The molecule has 0 aliphatic rings. The second-order valence-electron chi connectivity index (χ2n) is 4.43. The second kappa shape index (κ2) is 7.61. The highest BCUT2D eigenvalue weighted by Gasteiger charge is 2.21. The highest BCUT2D eigenvalue weighted by Crippen LogP contribution is 2.16. The Kier molecular flexibility index (Phi) is 6.45. The fraction of sp³-hybridized carbons (Fsp3) is 0.462. The summed E-state index contributed by atoms with van der Waals surface area (Å²) in [5.41, 5.74) is 0.938. The minimum Gasteiger partial charge on any atom is -0.468 e. The number of alkyl halides is 1. The van der Waals surface area contributed by atoms with E-state index in [2.05, 4.69) is 9.46 Å². The van der Waals surface area contributed by atoms with Crippen LogP contribution in [0.2, 0.25) is 0 Å². The van der Waals surface area contributed by atoms with Crippen LogP contribution < -0.4 is 4.72 Å². The number of methoxy groups -OCH3 is 1. The van der Waals surface area contributed by atoms with Crippen molar-refractivity contribution in [3.8, 4) is 0 Å². The van der Waals surface area contributed by atoms with Gasteiger partial charge in [-0.2, -0.15) is 0 Å². The number of hydrogen-bond donors (Lipinski definition) is 1. The minimum atomic E-state index is -3.51. The van der Waals surface area contributed by atoms with Crippen LogP contribution in [0.4, 0.5) is 0 Å². The molecular weight excluding hydrogens is 302 g/mol. The highest BCUT2D eigenvalue weighted by molar-refractivity contribution is 7.89. The Morgan fingerprint density at radius 1 is 1.35 bits per heavy atom. The van der Waals surface area contributed by atoms with E-state index in [1.165, 1.54) is 7.11 Å². The summed E-state index contributed by atoms with van der Waals surface area (Å²) in [6.45, 7) is 1.64. The summed E-state index contributed by atoms with van der Waals surface area (Å²) in [7, 11) is -2.31. The molecular formula is C13H18ClNO4S. The van der Waals surface area contributed by atoms with Gasteiger partial charge >= 0.3 is 5.97 Å². The topological polar surface area (TPSA) is 72.5 Å². The molecule has 0 bridgehead atoms. The molecule has 112 valence electrons. The molecule has 0 aromatic heterocycles. The lowest BCUT2D eigenvalue weighted by Gasteiger charge is -2.14. The van der Waals surface area contributed by atoms with Crippen LogP contribution in [0.3, 0.4) is 0 Å². The number of hydrogen-bond acceptors (Lipinski definition) is 4. The lowest BCUT2D eigenvalue weighted by atomic mass is 10.0. The van der Waals surface area contributed by atoms with Gasteiger partial charge < -0.3 is 4.74 Å². The molecule has 5 nitrogen and oxygen atoms in total. The van der Waals surface area contributed by atoms with Crippen molar-refractivity contribution in [1.82, 2.24) is 4.72 Å². The average Bonchev–Trinajstić information content (AvgIpc) is 2.44. The number of ether oxygens (including phenoxy) is 1. The van der Waals surface area contributed by atoms with Gasteiger partial charge in [0.1, 0.15) is 5.38 Å². The first kappa shape index (κ1) is 16.9. The van der Waals surface area contributed by atoms with E-state index in [0.717, 1.165) is 5.56 Å². The number of nitrogens with one attached hydrogen (secondary N) is 1. The van der Waals surface area contributed by atoms with Crippen molar-refractivity contribution in [1.29, 1.82) is 0 Å². The standard InChI is InChI=1S/C13H18ClNO4S/c1-10(11-6-4-3-5-7-11)9-20(17,18)15-8-12(14)13(16)19-2/h3-7,10,12,15H,8-9H2,1-2H3. The third-order valence-corrected chi connectivity index (χ3v) is 4.66. The zero-order chi connectivity index (χ0) is 15.2. The van der Waals surface area contributed by atoms with Crippen LogP contribution >= 0.6 is 11.6 Å². The summed E-state index contributed by atoms with van der Waals surface area (Å²) in [6.07, 6.45) is 0. The van der Waals surface area contributed by atoms with Crippen molar-refractivity contribution in [2.75, 3.05) is 19.4 Å². The zero-order valence-electron chi connectivity index (χ0n) is 11.4. The Morgan fingerprint density at radius 2 is 1.95 bits per heavy atom. The molecule has 0 heterocycles. The number of halogens is 1. The highest BCUT2D eigenvalue weighted by atomic mass is 35.5. The smallest absolute Gasteiger partial charge is 0.325 e. The zero-order valence-corrected chi connectivity index (χ0v) is 12.9. The number of carbonyl (C=O) groups excluding carboxylic acids is 1. The molecule has 2 atom stereocenters. The van der Waals surface area contributed by atoms with Crippen LogP contribution in [-0.2, 0) is 19.6 Å². The van der Waals surface area contributed by atoms with E-state index in [-0.39, 0.29) is 18.2 Å². The molecule has 0 fully saturated rings. The molecule has 2 unspecified atom stereocenters. The van der Waals surface area contributed by atoms with Gasteiger partial charge in [0.25, 0.3) is 0 Å². The lowest BCUT2D eigenvalue weighted by Crippen LogP contribution is -2.36. The van der Waals surface area contributed by atoms with Gasteiger partial charge in [-0.3, -0.25) is 4.79 Å². The summed E-state index contributed by atoms with van der Waals surface area (Å²) >= 11 is 5.69. The molecule has 0 saturated heterocycles. The largest absolute Gasteiger partial charge is 0.468 e. The average molecular weight is 320 g/mol. The third kappa shape index (κ3) is 5.48. The number of esters is 1. The van der Waals surface area contributed by atoms with Crippen molar-refractivity contribution in [3.05, 3.63) is 35.9 Å². The van der Waals surface area contributed by atoms with Gasteiger partial charge in [0.15, 0.2) is 0 Å². The minimum absolute atomic E-state index is 0.0677. The maximum Gasteiger partial charge on any atom is 0.325 e. The third-order valence-electron chi connectivity index (χ3n) is 2.78. The molecule has 0 spiro atoms. The maximum atomic E-state index is 11.9. The quantitative estimate of drug-likeness (QED) is 0.610. The predicted octanol–water partition coefficient (Wildman–Crippen LogP) is 1.49. The molecule has 20 heavy (non-hydrogen) atoms. The van der Waals surface area contributed by atoms with Crippen LogP contribution in [-0.4, -0.2) is 39.2 Å². The summed E-state index contributed by atoms with van der Waals surface area (Å²) in [6, 6.07) is 9.34. The van der Waals surface area contributed by atoms with E-state index in [9.17, 15) is 13.2 Å². The molecule has 1 aromatic rings. The SMILES string of the molecule is COC(=O)C(Cl)CNS(=O)(=O)CC(C)c1ccccc1. The summed E-state index contributed by atoms with van der Waals surface area (Å²) < 4.78 is 30.6. The Bertz CT molecular complexity index is 533.